The lowest BCUT2D eigenvalue weighted by Crippen LogP contribution is -2.33. The van der Waals surface area contributed by atoms with Crippen molar-refractivity contribution in [3.8, 4) is 0 Å². The van der Waals surface area contributed by atoms with Crippen molar-refractivity contribution in [2.45, 2.75) is 33.1 Å². The Morgan fingerprint density at radius 2 is 1.73 bits per heavy atom. The number of hydrogen-bond donors (Lipinski definition) is 0. The first-order valence-corrected chi connectivity index (χ1v) is 4.59. The highest BCUT2D eigenvalue weighted by Crippen LogP contribution is 2.19. The van der Waals surface area contributed by atoms with Crippen LogP contribution in [0, 0.1) is 5.92 Å². The molecule has 0 aromatic rings. The minimum absolute atomic E-state index is 0. The van der Waals surface area contributed by atoms with Gasteiger partial charge in [0.15, 0.2) is 0 Å². The Labute approximate surface area is 87.6 Å². The van der Waals surface area contributed by atoms with Crippen molar-refractivity contribution in [2.75, 3.05) is 19.6 Å². The first-order chi connectivity index (χ1) is 4.86. The molecule has 0 bridgehead atoms. The third-order valence-corrected chi connectivity index (χ3v) is 2.73. The molecule has 68 valence electrons. The standard InChI is InChI=1S/C9H19N.HI/c1-3-9-5-7-10(4-2)8-6-9;/h9H,3-8H2,1-2H3;1H. The molecular weight excluding hydrogens is 249 g/mol. The molecule has 1 rings (SSSR count). The van der Waals surface area contributed by atoms with E-state index in [0.717, 1.165) is 5.92 Å². The van der Waals surface area contributed by atoms with Gasteiger partial charge in [-0.25, -0.2) is 0 Å². The van der Waals surface area contributed by atoms with E-state index < -0.39 is 0 Å². The number of rotatable bonds is 2. The highest BCUT2D eigenvalue weighted by molar-refractivity contribution is 14.0. The molecule has 0 atom stereocenters. The van der Waals surface area contributed by atoms with Crippen LogP contribution in [-0.4, -0.2) is 24.5 Å². The summed E-state index contributed by atoms with van der Waals surface area (Å²) in [5, 5.41) is 0. The first kappa shape index (κ1) is 11.7. The van der Waals surface area contributed by atoms with E-state index in [2.05, 4.69) is 18.7 Å². The van der Waals surface area contributed by atoms with E-state index in [-0.39, 0.29) is 24.0 Å². The first-order valence-electron chi connectivity index (χ1n) is 4.59. The maximum atomic E-state index is 2.55. The second kappa shape index (κ2) is 6.23. The maximum Gasteiger partial charge on any atom is -0.00162 e. The Kier molecular flexibility index (Phi) is 6.62. The van der Waals surface area contributed by atoms with Crippen molar-refractivity contribution in [3.63, 3.8) is 0 Å². The molecular formula is C9H20IN. The lowest BCUT2D eigenvalue weighted by atomic mass is 9.95. The van der Waals surface area contributed by atoms with E-state index in [1.807, 2.05) is 0 Å². The second-order valence-corrected chi connectivity index (χ2v) is 3.29. The van der Waals surface area contributed by atoms with E-state index in [1.54, 1.807) is 0 Å². The highest BCUT2D eigenvalue weighted by atomic mass is 127. The van der Waals surface area contributed by atoms with Crippen molar-refractivity contribution >= 4 is 24.0 Å². The molecule has 0 amide bonds. The summed E-state index contributed by atoms with van der Waals surface area (Å²) in [6.45, 7) is 8.50. The van der Waals surface area contributed by atoms with Crippen LogP contribution in [0.5, 0.6) is 0 Å². The summed E-state index contributed by atoms with van der Waals surface area (Å²) in [5.41, 5.74) is 0. The Bertz CT molecular complexity index is 75.6. The van der Waals surface area contributed by atoms with Gasteiger partial charge in [0.2, 0.25) is 0 Å². The van der Waals surface area contributed by atoms with E-state index in [0.29, 0.717) is 0 Å². The number of likely N-dealkylation sites (tertiary alicyclic amines) is 1. The average molecular weight is 269 g/mol. The fourth-order valence-electron chi connectivity index (χ4n) is 1.71. The molecule has 1 aliphatic rings. The Morgan fingerprint density at radius 3 is 2.09 bits per heavy atom. The molecule has 0 saturated carbocycles. The van der Waals surface area contributed by atoms with Gasteiger partial charge in [0.05, 0.1) is 0 Å². The maximum absolute atomic E-state index is 2.55. The van der Waals surface area contributed by atoms with Crippen molar-refractivity contribution in [1.82, 2.24) is 4.90 Å². The van der Waals surface area contributed by atoms with Gasteiger partial charge in [-0.1, -0.05) is 20.3 Å². The Balaban J connectivity index is 0.000001000. The molecule has 1 heterocycles. The number of halogens is 1. The van der Waals surface area contributed by atoms with Crippen LogP contribution in [0.2, 0.25) is 0 Å². The molecule has 11 heavy (non-hydrogen) atoms. The van der Waals surface area contributed by atoms with Crippen LogP contribution in [-0.2, 0) is 0 Å². The smallest absolute Gasteiger partial charge is 0.00162 e. The van der Waals surface area contributed by atoms with Crippen LogP contribution in [0.4, 0.5) is 0 Å². The van der Waals surface area contributed by atoms with Gasteiger partial charge in [-0.05, 0) is 38.4 Å². The fourth-order valence-corrected chi connectivity index (χ4v) is 1.71. The SMILES string of the molecule is CCC1CCN(CC)CC1.I. The molecule has 1 aliphatic heterocycles. The van der Waals surface area contributed by atoms with Gasteiger partial charge in [0.25, 0.3) is 0 Å². The summed E-state index contributed by atoms with van der Waals surface area (Å²) in [4.78, 5) is 2.55. The van der Waals surface area contributed by atoms with Crippen LogP contribution < -0.4 is 0 Å². The quantitative estimate of drug-likeness (QED) is 0.697. The molecule has 0 spiro atoms. The molecule has 0 aliphatic carbocycles. The summed E-state index contributed by atoms with van der Waals surface area (Å²) in [7, 11) is 0. The molecule has 1 fully saturated rings. The largest absolute Gasteiger partial charge is 0.304 e. The van der Waals surface area contributed by atoms with Crippen LogP contribution in [0.15, 0.2) is 0 Å². The molecule has 0 aromatic carbocycles. The second-order valence-electron chi connectivity index (χ2n) is 3.29. The van der Waals surface area contributed by atoms with Crippen molar-refractivity contribution in [3.05, 3.63) is 0 Å². The Hall–Kier alpha value is 0.690. The van der Waals surface area contributed by atoms with Gasteiger partial charge in [-0.3, -0.25) is 0 Å². The van der Waals surface area contributed by atoms with Crippen LogP contribution >= 0.6 is 24.0 Å². The minimum atomic E-state index is 0. The van der Waals surface area contributed by atoms with Gasteiger partial charge in [-0.15, -0.1) is 24.0 Å². The van der Waals surface area contributed by atoms with Crippen molar-refractivity contribution < 1.29 is 0 Å². The lowest BCUT2D eigenvalue weighted by molar-refractivity contribution is 0.190. The van der Waals surface area contributed by atoms with E-state index in [1.165, 1.54) is 38.9 Å². The lowest BCUT2D eigenvalue weighted by Gasteiger charge is -2.30. The van der Waals surface area contributed by atoms with Crippen molar-refractivity contribution in [1.29, 1.82) is 0 Å². The molecule has 2 heteroatoms. The number of nitrogens with zero attached hydrogens (tertiary/aromatic N) is 1. The number of piperidine rings is 1. The van der Waals surface area contributed by atoms with Gasteiger partial charge >= 0.3 is 0 Å². The minimum Gasteiger partial charge on any atom is -0.304 e. The van der Waals surface area contributed by atoms with Crippen molar-refractivity contribution in [2.24, 2.45) is 5.92 Å². The summed E-state index contributed by atoms with van der Waals surface area (Å²) in [6.07, 6.45) is 4.26. The predicted octanol–water partition coefficient (Wildman–Crippen LogP) is 2.75. The monoisotopic (exact) mass is 269 g/mol. The third kappa shape index (κ3) is 3.74. The zero-order valence-electron chi connectivity index (χ0n) is 7.68. The summed E-state index contributed by atoms with van der Waals surface area (Å²) >= 11 is 0. The predicted molar refractivity (Wildman–Crippen MR) is 60.5 cm³/mol. The van der Waals surface area contributed by atoms with Gasteiger partial charge in [-0.2, -0.15) is 0 Å². The Morgan fingerprint density at radius 1 is 1.18 bits per heavy atom. The van der Waals surface area contributed by atoms with Crippen LogP contribution in [0.3, 0.4) is 0 Å². The molecule has 0 N–H and O–H groups in total. The van der Waals surface area contributed by atoms with Gasteiger partial charge < -0.3 is 4.90 Å². The van der Waals surface area contributed by atoms with Gasteiger partial charge in [0, 0.05) is 0 Å². The summed E-state index contributed by atoms with van der Waals surface area (Å²) in [5.74, 6) is 1.03. The molecule has 0 radical (unpaired) electrons. The van der Waals surface area contributed by atoms with Crippen LogP contribution in [0.1, 0.15) is 33.1 Å². The van der Waals surface area contributed by atoms with E-state index in [4.69, 9.17) is 0 Å². The topological polar surface area (TPSA) is 3.24 Å². The molecule has 1 saturated heterocycles. The summed E-state index contributed by atoms with van der Waals surface area (Å²) < 4.78 is 0. The molecule has 0 unspecified atom stereocenters. The molecule has 1 nitrogen and oxygen atoms in total. The average Bonchev–Trinajstić information content (AvgIpc) is 2.05. The van der Waals surface area contributed by atoms with Crippen LogP contribution in [0.25, 0.3) is 0 Å². The summed E-state index contributed by atoms with van der Waals surface area (Å²) in [6, 6.07) is 0. The normalized spacial score (nSPS) is 21.3. The van der Waals surface area contributed by atoms with Gasteiger partial charge in [0.1, 0.15) is 0 Å². The zero-order chi connectivity index (χ0) is 7.40. The highest BCUT2D eigenvalue weighted by Gasteiger charge is 2.15. The van der Waals surface area contributed by atoms with E-state index in [9.17, 15) is 0 Å². The molecule has 0 aromatic heterocycles. The fraction of sp³-hybridized carbons (Fsp3) is 1.00. The van der Waals surface area contributed by atoms with E-state index >= 15 is 0 Å². The third-order valence-electron chi connectivity index (χ3n) is 2.73. The number of hydrogen-bond acceptors (Lipinski definition) is 1. The zero-order valence-corrected chi connectivity index (χ0v) is 10.0.